The van der Waals surface area contributed by atoms with Crippen molar-refractivity contribution < 1.29 is 9.53 Å². The fourth-order valence-electron chi connectivity index (χ4n) is 2.09. The van der Waals surface area contributed by atoms with Gasteiger partial charge in [0.05, 0.1) is 31.3 Å². The Morgan fingerprint density at radius 2 is 2.27 bits per heavy atom. The average molecular weight is 325 g/mol. The van der Waals surface area contributed by atoms with Gasteiger partial charge >= 0.3 is 0 Å². The molecule has 0 saturated carbocycles. The predicted octanol–water partition coefficient (Wildman–Crippen LogP) is 0.401. The number of nitrogens with one attached hydrogen (secondary N) is 2. The molecular weight excluding hydrogens is 308 g/mol. The zero-order chi connectivity index (χ0) is 14.5. The highest BCUT2D eigenvalue weighted by atomic mass is 35.5. The lowest BCUT2D eigenvalue weighted by molar-refractivity contribution is -0.117. The summed E-state index contributed by atoms with van der Waals surface area (Å²) in [5.41, 5.74) is 0.615. The molecule has 1 unspecified atom stereocenters. The molecule has 2 aromatic heterocycles. The normalized spacial score (nSPS) is 17.5. The van der Waals surface area contributed by atoms with Crippen molar-refractivity contribution in [2.75, 3.05) is 25.1 Å². The van der Waals surface area contributed by atoms with E-state index in [1.807, 2.05) is 0 Å². The van der Waals surface area contributed by atoms with E-state index < -0.39 is 0 Å². The predicted molar refractivity (Wildman–Crippen MR) is 82.3 cm³/mol. The quantitative estimate of drug-likeness (QED) is 0.845. The molecule has 2 aromatic rings. The first-order chi connectivity index (χ1) is 10.3. The Kier molecular flexibility index (Phi) is 5.82. The maximum absolute atomic E-state index is 12.0. The molecule has 1 amide bonds. The lowest BCUT2D eigenvalue weighted by Gasteiger charge is -2.23. The Morgan fingerprint density at radius 1 is 1.45 bits per heavy atom. The molecule has 1 aliphatic rings. The number of aromatic nitrogens is 4. The summed E-state index contributed by atoms with van der Waals surface area (Å²) >= 11 is 0. The lowest BCUT2D eigenvalue weighted by Crippen LogP contribution is -2.43. The SMILES string of the molecule is Cl.O=C(CC1COCCN1)Nc1cnn(-c2ncccn2)c1. The van der Waals surface area contributed by atoms with Crippen LogP contribution in [0.1, 0.15) is 6.42 Å². The smallest absolute Gasteiger partial charge is 0.250 e. The average Bonchev–Trinajstić information content (AvgIpc) is 2.97. The molecule has 8 nitrogen and oxygen atoms in total. The molecule has 0 aliphatic carbocycles. The van der Waals surface area contributed by atoms with Crippen LogP contribution < -0.4 is 10.6 Å². The van der Waals surface area contributed by atoms with Gasteiger partial charge in [0.25, 0.3) is 0 Å². The zero-order valence-electron chi connectivity index (χ0n) is 11.8. The summed E-state index contributed by atoms with van der Waals surface area (Å²) in [5, 5.41) is 10.2. The van der Waals surface area contributed by atoms with E-state index in [4.69, 9.17) is 4.74 Å². The summed E-state index contributed by atoms with van der Waals surface area (Å²) < 4.78 is 6.83. The van der Waals surface area contributed by atoms with Gasteiger partial charge in [0.1, 0.15) is 0 Å². The van der Waals surface area contributed by atoms with Gasteiger partial charge < -0.3 is 15.4 Å². The monoisotopic (exact) mass is 324 g/mol. The van der Waals surface area contributed by atoms with E-state index in [2.05, 4.69) is 25.7 Å². The third-order valence-corrected chi connectivity index (χ3v) is 3.05. The van der Waals surface area contributed by atoms with Crippen LogP contribution in [0.4, 0.5) is 5.69 Å². The zero-order valence-corrected chi connectivity index (χ0v) is 12.6. The van der Waals surface area contributed by atoms with Crippen LogP contribution in [0.5, 0.6) is 0 Å². The fraction of sp³-hybridized carbons (Fsp3) is 0.385. The maximum atomic E-state index is 12.0. The Hall–Kier alpha value is -2.03. The number of carbonyl (C=O) groups is 1. The van der Waals surface area contributed by atoms with Gasteiger partial charge in [-0.2, -0.15) is 5.10 Å². The number of nitrogens with zero attached hydrogens (tertiary/aromatic N) is 4. The van der Waals surface area contributed by atoms with Crippen LogP contribution in [0.25, 0.3) is 5.95 Å². The third kappa shape index (κ3) is 4.23. The second-order valence-corrected chi connectivity index (χ2v) is 4.70. The van der Waals surface area contributed by atoms with Crippen LogP contribution in [0.2, 0.25) is 0 Å². The highest BCUT2D eigenvalue weighted by molar-refractivity contribution is 5.90. The number of morpholine rings is 1. The van der Waals surface area contributed by atoms with Crippen LogP contribution in [0.15, 0.2) is 30.9 Å². The molecule has 9 heteroatoms. The van der Waals surface area contributed by atoms with Gasteiger partial charge in [-0.25, -0.2) is 14.6 Å². The molecule has 22 heavy (non-hydrogen) atoms. The van der Waals surface area contributed by atoms with E-state index >= 15 is 0 Å². The van der Waals surface area contributed by atoms with Crippen molar-refractivity contribution in [2.45, 2.75) is 12.5 Å². The Balaban J connectivity index is 0.00000176. The molecule has 1 saturated heterocycles. The number of ether oxygens (including phenoxy) is 1. The number of hydrogen-bond donors (Lipinski definition) is 2. The molecule has 0 spiro atoms. The van der Waals surface area contributed by atoms with E-state index in [-0.39, 0.29) is 24.4 Å². The lowest BCUT2D eigenvalue weighted by atomic mass is 10.2. The molecule has 0 aromatic carbocycles. The van der Waals surface area contributed by atoms with Crippen molar-refractivity contribution in [1.82, 2.24) is 25.1 Å². The number of rotatable bonds is 4. The molecular formula is C13H17ClN6O2. The first-order valence-corrected chi connectivity index (χ1v) is 6.74. The first kappa shape index (κ1) is 16.3. The van der Waals surface area contributed by atoms with E-state index in [1.165, 1.54) is 4.68 Å². The van der Waals surface area contributed by atoms with E-state index in [0.717, 1.165) is 6.54 Å². The fourth-order valence-corrected chi connectivity index (χ4v) is 2.09. The number of amides is 1. The van der Waals surface area contributed by atoms with Crippen molar-refractivity contribution >= 4 is 24.0 Å². The van der Waals surface area contributed by atoms with Gasteiger partial charge in [0, 0.05) is 31.4 Å². The molecule has 1 fully saturated rings. The summed E-state index contributed by atoms with van der Waals surface area (Å²) in [6.45, 7) is 2.04. The summed E-state index contributed by atoms with van der Waals surface area (Å²) in [4.78, 5) is 20.1. The summed E-state index contributed by atoms with van der Waals surface area (Å²) in [6.07, 6.45) is 6.89. The Bertz CT molecular complexity index is 600. The van der Waals surface area contributed by atoms with Gasteiger partial charge in [-0.3, -0.25) is 4.79 Å². The van der Waals surface area contributed by atoms with Gasteiger partial charge in [-0.05, 0) is 6.07 Å². The van der Waals surface area contributed by atoms with Crippen molar-refractivity contribution in [2.24, 2.45) is 0 Å². The third-order valence-electron chi connectivity index (χ3n) is 3.05. The molecule has 0 bridgehead atoms. The second-order valence-electron chi connectivity index (χ2n) is 4.70. The summed E-state index contributed by atoms with van der Waals surface area (Å²) in [6, 6.07) is 1.79. The number of halogens is 1. The maximum Gasteiger partial charge on any atom is 0.250 e. The Labute approximate surface area is 133 Å². The molecule has 3 rings (SSSR count). The molecule has 1 atom stereocenters. The highest BCUT2D eigenvalue weighted by Crippen LogP contribution is 2.09. The van der Waals surface area contributed by atoms with Gasteiger partial charge in [0.15, 0.2) is 0 Å². The van der Waals surface area contributed by atoms with Crippen LogP contribution >= 0.6 is 12.4 Å². The number of carbonyl (C=O) groups excluding carboxylic acids is 1. The second kappa shape index (κ2) is 7.83. The minimum atomic E-state index is -0.0773. The molecule has 1 aliphatic heterocycles. The van der Waals surface area contributed by atoms with Crippen LogP contribution in [-0.4, -0.2) is 51.5 Å². The van der Waals surface area contributed by atoms with Crippen molar-refractivity contribution in [3.63, 3.8) is 0 Å². The van der Waals surface area contributed by atoms with Gasteiger partial charge in [-0.1, -0.05) is 0 Å². The van der Waals surface area contributed by atoms with Gasteiger partial charge in [-0.15, -0.1) is 12.4 Å². The minimum Gasteiger partial charge on any atom is -0.378 e. The summed E-state index contributed by atoms with van der Waals surface area (Å²) in [5.74, 6) is 0.381. The highest BCUT2D eigenvalue weighted by Gasteiger charge is 2.17. The van der Waals surface area contributed by atoms with Gasteiger partial charge in [0.2, 0.25) is 11.9 Å². The van der Waals surface area contributed by atoms with E-state index in [1.54, 1.807) is 30.9 Å². The first-order valence-electron chi connectivity index (χ1n) is 6.74. The topological polar surface area (TPSA) is 94.0 Å². The van der Waals surface area contributed by atoms with E-state index in [9.17, 15) is 4.79 Å². The van der Waals surface area contributed by atoms with Crippen LogP contribution in [0.3, 0.4) is 0 Å². The Morgan fingerprint density at radius 3 is 3.00 bits per heavy atom. The van der Waals surface area contributed by atoms with E-state index in [0.29, 0.717) is 31.3 Å². The van der Waals surface area contributed by atoms with Crippen molar-refractivity contribution in [3.05, 3.63) is 30.9 Å². The number of anilines is 1. The molecule has 3 heterocycles. The number of hydrogen-bond acceptors (Lipinski definition) is 6. The minimum absolute atomic E-state index is 0. The molecule has 0 radical (unpaired) electrons. The van der Waals surface area contributed by atoms with Crippen LogP contribution in [0, 0.1) is 0 Å². The standard InChI is InChI=1S/C13H16N6O2.ClH/c20-12(6-10-9-21-5-4-14-10)18-11-7-17-19(8-11)13-15-2-1-3-16-13;/h1-3,7-8,10,14H,4-6,9H2,(H,18,20);1H. The van der Waals surface area contributed by atoms with Crippen molar-refractivity contribution in [3.8, 4) is 5.95 Å². The molecule has 2 N–H and O–H groups in total. The van der Waals surface area contributed by atoms with Crippen molar-refractivity contribution in [1.29, 1.82) is 0 Å². The largest absolute Gasteiger partial charge is 0.378 e. The molecule has 118 valence electrons. The van der Waals surface area contributed by atoms with Crippen LogP contribution in [-0.2, 0) is 9.53 Å². The summed E-state index contributed by atoms with van der Waals surface area (Å²) in [7, 11) is 0.